The summed E-state index contributed by atoms with van der Waals surface area (Å²) in [7, 11) is 1.69. The van der Waals surface area contributed by atoms with Crippen LogP contribution in [0.25, 0.3) is 17.5 Å². The summed E-state index contributed by atoms with van der Waals surface area (Å²) in [4.78, 5) is 13.1. The van der Waals surface area contributed by atoms with Crippen LogP contribution in [0.4, 0.5) is 11.6 Å². The number of methoxy groups -OCH3 is 1. The molecule has 2 heterocycles. The number of ether oxygens (including phenoxy) is 1. The highest BCUT2D eigenvalue weighted by molar-refractivity contribution is 5.75. The van der Waals surface area contributed by atoms with Crippen LogP contribution in [0.5, 0.6) is 5.75 Å². The van der Waals surface area contributed by atoms with Gasteiger partial charge in [0.05, 0.1) is 7.11 Å². The van der Waals surface area contributed by atoms with Gasteiger partial charge < -0.3 is 15.4 Å². The van der Waals surface area contributed by atoms with Gasteiger partial charge in [-0.25, -0.2) is 9.97 Å². The second-order valence-corrected chi connectivity index (χ2v) is 6.21. The van der Waals surface area contributed by atoms with Crippen LogP contribution in [0.2, 0.25) is 0 Å². The summed E-state index contributed by atoms with van der Waals surface area (Å²) < 4.78 is 5.39. The smallest absolute Gasteiger partial charge is 0.226 e. The first-order valence-electron chi connectivity index (χ1n) is 8.93. The van der Waals surface area contributed by atoms with Gasteiger partial charge in [0, 0.05) is 24.3 Å². The summed E-state index contributed by atoms with van der Waals surface area (Å²) in [5.41, 5.74) is 4.39. The Morgan fingerprint density at radius 2 is 2.07 bits per heavy atom. The fourth-order valence-electron chi connectivity index (χ4n) is 3.09. The SMILES string of the molecule is COc1ccccc1CCNc1ncnc(-c2ccc3c(c2)C=CCN3)n1. The number of aromatic nitrogens is 3. The zero-order chi connectivity index (χ0) is 18.5. The molecular formula is C21H21N5O. The lowest BCUT2D eigenvalue weighted by Crippen LogP contribution is -2.09. The van der Waals surface area contributed by atoms with Crippen LogP contribution in [-0.2, 0) is 6.42 Å². The lowest BCUT2D eigenvalue weighted by Gasteiger charge is -2.14. The van der Waals surface area contributed by atoms with Gasteiger partial charge in [0.1, 0.15) is 12.1 Å². The van der Waals surface area contributed by atoms with E-state index in [0.717, 1.165) is 41.1 Å². The largest absolute Gasteiger partial charge is 0.496 e. The average molecular weight is 359 g/mol. The summed E-state index contributed by atoms with van der Waals surface area (Å²) in [5, 5.41) is 6.62. The molecule has 136 valence electrons. The summed E-state index contributed by atoms with van der Waals surface area (Å²) >= 11 is 0. The van der Waals surface area contributed by atoms with Crippen molar-refractivity contribution >= 4 is 17.7 Å². The van der Waals surface area contributed by atoms with Crippen molar-refractivity contribution in [3.63, 3.8) is 0 Å². The first kappa shape index (κ1) is 17.0. The Morgan fingerprint density at radius 1 is 1.15 bits per heavy atom. The zero-order valence-electron chi connectivity index (χ0n) is 15.1. The molecule has 2 aromatic carbocycles. The van der Waals surface area contributed by atoms with E-state index < -0.39 is 0 Å². The molecule has 27 heavy (non-hydrogen) atoms. The van der Waals surface area contributed by atoms with Crippen LogP contribution < -0.4 is 15.4 Å². The fraction of sp³-hybridized carbons (Fsp3) is 0.190. The predicted octanol–water partition coefficient (Wildman–Crippen LogP) is 3.64. The molecule has 0 radical (unpaired) electrons. The van der Waals surface area contributed by atoms with E-state index in [1.807, 2.05) is 24.3 Å². The minimum atomic E-state index is 0.571. The van der Waals surface area contributed by atoms with Crippen LogP contribution in [0.1, 0.15) is 11.1 Å². The molecule has 0 fully saturated rings. The normalized spacial score (nSPS) is 12.2. The molecular weight excluding hydrogens is 338 g/mol. The first-order chi connectivity index (χ1) is 13.3. The summed E-state index contributed by atoms with van der Waals surface area (Å²) in [6.07, 6.45) is 6.58. The Balaban J connectivity index is 1.46. The Labute approximate surface area is 158 Å². The highest BCUT2D eigenvalue weighted by Crippen LogP contribution is 2.26. The maximum absolute atomic E-state index is 5.39. The number of nitrogens with zero attached hydrogens (tertiary/aromatic N) is 3. The van der Waals surface area contributed by atoms with Crippen molar-refractivity contribution in [1.29, 1.82) is 0 Å². The highest BCUT2D eigenvalue weighted by atomic mass is 16.5. The van der Waals surface area contributed by atoms with E-state index >= 15 is 0 Å². The van der Waals surface area contributed by atoms with Crippen LogP contribution in [0.3, 0.4) is 0 Å². The van der Waals surface area contributed by atoms with Gasteiger partial charge >= 0.3 is 0 Å². The molecule has 0 saturated carbocycles. The molecule has 1 aliphatic rings. The molecule has 0 saturated heterocycles. The second kappa shape index (κ2) is 7.86. The summed E-state index contributed by atoms with van der Waals surface area (Å²) in [5.74, 6) is 2.12. The van der Waals surface area contributed by atoms with E-state index in [-0.39, 0.29) is 0 Å². The Kier molecular flexibility index (Phi) is 4.96. The average Bonchev–Trinajstić information content (AvgIpc) is 2.74. The van der Waals surface area contributed by atoms with Gasteiger partial charge in [-0.2, -0.15) is 4.98 Å². The number of anilines is 2. The van der Waals surface area contributed by atoms with E-state index in [2.05, 4.69) is 55.9 Å². The van der Waals surface area contributed by atoms with Gasteiger partial charge in [0.15, 0.2) is 5.82 Å². The third-order valence-corrected chi connectivity index (χ3v) is 4.46. The monoisotopic (exact) mass is 359 g/mol. The van der Waals surface area contributed by atoms with Crippen molar-refractivity contribution < 1.29 is 4.74 Å². The van der Waals surface area contributed by atoms with E-state index in [4.69, 9.17) is 4.74 Å². The second-order valence-electron chi connectivity index (χ2n) is 6.21. The molecule has 0 atom stereocenters. The van der Waals surface area contributed by atoms with Crippen molar-refractivity contribution in [3.05, 3.63) is 66.0 Å². The van der Waals surface area contributed by atoms with E-state index in [1.54, 1.807) is 13.4 Å². The molecule has 1 aromatic heterocycles. The van der Waals surface area contributed by atoms with E-state index in [9.17, 15) is 0 Å². The number of benzene rings is 2. The van der Waals surface area contributed by atoms with Crippen LogP contribution in [0, 0.1) is 0 Å². The highest BCUT2D eigenvalue weighted by Gasteiger charge is 2.09. The molecule has 0 spiro atoms. The van der Waals surface area contributed by atoms with Gasteiger partial charge in [-0.1, -0.05) is 30.4 Å². The van der Waals surface area contributed by atoms with Crippen molar-refractivity contribution in [3.8, 4) is 17.1 Å². The molecule has 6 heteroatoms. The lowest BCUT2D eigenvalue weighted by atomic mass is 10.1. The quantitative estimate of drug-likeness (QED) is 0.700. The lowest BCUT2D eigenvalue weighted by molar-refractivity contribution is 0.410. The fourth-order valence-corrected chi connectivity index (χ4v) is 3.09. The van der Waals surface area contributed by atoms with Crippen molar-refractivity contribution in [2.75, 3.05) is 30.8 Å². The predicted molar refractivity (Wildman–Crippen MR) is 108 cm³/mol. The molecule has 2 N–H and O–H groups in total. The maximum Gasteiger partial charge on any atom is 0.226 e. The molecule has 1 aliphatic heterocycles. The third kappa shape index (κ3) is 3.89. The number of para-hydroxylation sites is 1. The number of hydrogen-bond donors (Lipinski definition) is 2. The number of hydrogen-bond acceptors (Lipinski definition) is 6. The number of rotatable bonds is 6. The Morgan fingerprint density at radius 3 is 3.00 bits per heavy atom. The Hall–Kier alpha value is -3.41. The molecule has 4 rings (SSSR count). The minimum Gasteiger partial charge on any atom is -0.496 e. The number of nitrogens with one attached hydrogen (secondary N) is 2. The molecule has 0 amide bonds. The van der Waals surface area contributed by atoms with Crippen molar-refractivity contribution in [2.45, 2.75) is 6.42 Å². The van der Waals surface area contributed by atoms with Gasteiger partial charge in [-0.15, -0.1) is 0 Å². The molecule has 3 aromatic rings. The topological polar surface area (TPSA) is 72.0 Å². The van der Waals surface area contributed by atoms with E-state index in [1.165, 1.54) is 0 Å². The molecule has 0 unspecified atom stereocenters. The number of fused-ring (bicyclic) bond motifs is 1. The molecule has 0 bridgehead atoms. The van der Waals surface area contributed by atoms with Crippen molar-refractivity contribution in [2.24, 2.45) is 0 Å². The molecule has 6 nitrogen and oxygen atoms in total. The van der Waals surface area contributed by atoms with Crippen molar-refractivity contribution in [1.82, 2.24) is 15.0 Å². The van der Waals surface area contributed by atoms with Gasteiger partial charge in [-0.3, -0.25) is 0 Å². The van der Waals surface area contributed by atoms with Crippen LogP contribution in [0.15, 0.2) is 54.9 Å². The van der Waals surface area contributed by atoms with Crippen LogP contribution in [-0.4, -0.2) is 35.2 Å². The van der Waals surface area contributed by atoms with Gasteiger partial charge in [0.2, 0.25) is 5.95 Å². The standard InChI is InChI=1S/C21H21N5O/c1-27-19-7-3-2-5-15(19)10-12-23-21-25-14-24-20(26-21)17-8-9-18-16(13-17)6-4-11-22-18/h2-9,13-14,22H,10-12H2,1H3,(H,23,24,25,26). The van der Waals surface area contributed by atoms with E-state index in [0.29, 0.717) is 18.3 Å². The van der Waals surface area contributed by atoms with Gasteiger partial charge in [-0.05, 0) is 41.8 Å². The summed E-state index contributed by atoms with van der Waals surface area (Å²) in [6.45, 7) is 1.57. The minimum absolute atomic E-state index is 0.571. The van der Waals surface area contributed by atoms with Gasteiger partial charge in [0.25, 0.3) is 0 Å². The summed E-state index contributed by atoms with van der Waals surface area (Å²) in [6, 6.07) is 14.2. The third-order valence-electron chi connectivity index (χ3n) is 4.46. The Bertz CT molecular complexity index is 970. The first-order valence-corrected chi connectivity index (χ1v) is 8.93. The maximum atomic E-state index is 5.39. The molecule has 0 aliphatic carbocycles. The zero-order valence-corrected chi connectivity index (χ0v) is 15.1. The van der Waals surface area contributed by atoms with Crippen LogP contribution >= 0.6 is 0 Å².